The second-order valence-electron chi connectivity index (χ2n) is 5.55. The number of ether oxygens (including phenoxy) is 4. The molecule has 0 amide bonds. The van der Waals surface area contributed by atoms with Gasteiger partial charge < -0.3 is 30.0 Å². The smallest absolute Gasteiger partial charge is 0.218 e. The predicted molar refractivity (Wildman–Crippen MR) is 119 cm³/mol. The maximum Gasteiger partial charge on any atom is 0.218 e. The molecule has 1 aromatic heterocycles. The minimum Gasteiger partial charge on any atom is -0.493 e. The van der Waals surface area contributed by atoms with E-state index in [9.17, 15) is 0 Å². The molecule has 8 nitrogen and oxygen atoms in total. The van der Waals surface area contributed by atoms with Crippen molar-refractivity contribution in [3.63, 3.8) is 0 Å². The quantitative estimate of drug-likeness (QED) is 0.223. The largest absolute Gasteiger partial charge is 0.493 e. The van der Waals surface area contributed by atoms with Crippen LogP contribution in [0.2, 0.25) is 0 Å². The Bertz CT molecular complexity index is 758. The third-order valence-corrected chi connectivity index (χ3v) is 3.72. The highest BCUT2D eigenvalue weighted by molar-refractivity contribution is 14.0. The molecule has 1 heterocycles. The molecule has 0 aliphatic rings. The van der Waals surface area contributed by atoms with Gasteiger partial charge in [-0.3, -0.25) is 0 Å². The second kappa shape index (κ2) is 13.0. The fraction of sp³-hybridized carbons (Fsp3) is 0.368. The van der Waals surface area contributed by atoms with E-state index in [1.54, 1.807) is 27.5 Å². The fourth-order valence-electron chi connectivity index (χ4n) is 2.31. The number of methoxy groups -OCH3 is 3. The summed E-state index contributed by atoms with van der Waals surface area (Å²) >= 11 is 0. The van der Waals surface area contributed by atoms with Gasteiger partial charge in [-0.25, -0.2) is 9.98 Å². The first-order chi connectivity index (χ1) is 13.2. The molecule has 1 aromatic carbocycles. The molecule has 0 unspecified atom stereocenters. The fourth-order valence-corrected chi connectivity index (χ4v) is 2.31. The molecule has 2 rings (SSSR count). The zero-order valence-corrected chi connectivity index (χ0v) is 18.6. The van der Waals surface area contributed by atoms with Gasteiger partial charge in [-0.05, 0) is 23.8 Å². The minimum atomic E-state index is 0. The first kappa shape index (κ1) is 23.8. The Morgan fingerprint density at radius 3 is 2.61 bits per heavy atom. The molecule has 9 heteroatoms. The summed E-state index contributed by atoms with van der Waals surface area (Å²) in [7, 11) is 4.82. The van der Waals surface area contributed by atoms with E-state index in [0.717, 1.165) is 11.1 Å². The van der Waals surface area contributed by atoms with E-state index >= 15 is 0 Å². The van der Waals surface area contributed by atoms with E-state index in [4.69, 9.17) is 24.7 Å². The third-order valence-electron chi connectivity index (χ3n) is 3.72. The van der Waals surface area contributed by atoms with Crippen molar-refractivity contribution in [3.05, 3.63) is 47.7 Å². The molecule has 0 aliphatic heterocycles. The van der Waals surface area contributed by atoms with Crippen molar-refractivity contribution in [1.82, 2.24) is 10.3 Å². The lowest BCUT2D eigenvalue weighted by molar-refractivity contribution is 0.143. The second-order valence-corrected chi connectivity index (χ2v) is 5.55. The lowest BCUT2D eigenvalue weighted by atomic mass is 10.2. The highest BCUT2D eigenvalue weighted by Crippen LogP contribution is 2.27. The molecule has 28 heavy (non-hydrogen) atoms. The maximum absolute atomic E-state index is 5.97. The summed E-state index contributed by atoms with van der Waals surface area (Å²) in [5.74, 6) is 2.21. The van der Waals surface area contributed by atoms with E-state index in [1.165, 1.54) is 0 Å². The van der Waals surface area contributed by atoms with Crippen LogP contribution < -0.4 is 25.3 Å². The highest BCUT2D eigenvalue weighted by Gasteiger charge is 2.06. The van der Waals surface area contributed by atoms with Gasteiger partial charge in [0.15, 0.2) is 17.5 Å². The summed E-state index contributed by atoms with van der Waals surface area (Å²) in [5.41, 5.74) is 7.82. The number of nitrogens with zero attached hydrogens (tertiary/aromatic N) is 2. The number of guanidine groups is 1. The van der Waals surface area contributed by atoms with Crippen LogP contribution in [0.1, 0.15) is 11.1 Å². The Morgan fingerprint density at radius 2 is 1.89 bits per heavy atom. The molecule has 0 saturated heterocycles. The topological polar surface area (TPSA) is 100 Å². The SMILES string of the molecule is COCCOc1ncccc1CNC(N)=NCc1ccc(OC)c(OC)c1.I. The van der Waals surface area contributed by atoms with Crippen molar-refractivity contribution in [1.29, 1.82) is 0 Å². The number of nitrogens with two attached hydrogens (primary N) is 1. The van der Waals surface area contributed by atoms with Crippen LogP contribution >= 0.6 is 24.0 Å². The van der Waals surface area contributed by atoms with Crippen LogP contribution in [-0.4, -0.2) is 45.5 Å². The first-order valence-electron chi connectivity index (χ1n) is 8.48. The molecule has 2 aromatic rings. The molecular formula is C19H27IN4O4. The van der Waals surface area contributed by atoms with Crippen LogP contribution in [-0.2, 0) is 17.8 Å². The van der Waals surface area contributed by atoms with Gasteiger partial charge in [-0.2, -0.15) is 0 Å². The summed E-state index contributed by atoms with van der Waals surface area (Å²) in [6.45, 7) is 1.81. The monoisotopic (exact) mass is 502 g/mol. The van der Waals surface area contributed by atoms with E-state index < -0.39 is 0 Å². The number of nitrogens with one attached hydrogen (secondary N) is 1. The average Bonchev–Trinajstić information content (AvgIpc) is 2.71. The molecule has 0 spiro atoms. The molecule has 0 aliphatic carbocycles. The molecule has 0 bridgehead atoms. The molecule has 154 valence electrons. The number of aliphatic imine (C=N–C) groups is 1. The van der Waals surface area contributed by atoms with Crippen molar-refractivity contribution < 1.29 is 18.9 Å². The minimum absolute atomic E-state index is 0. The number of halogens is 1. The summed E-state index contributed by atoms with van der Waals surface area (Å²) in [5, 5.41) is 3.07. The number of aromatic nitrogens is 1. The van der Waals surface area contributed by atoms with Crippen LogP contribution in [0.15, 0.2) is 41.5 Å². The van der Waals surface area contributed by atoms with Crippen LogP contribution in [0.4, 0.5) is 0 Å². The van der Waals surface area contributed by atoms with Crippen molar-refractivity contribution in [2.75, 3.05) is 34.5 Å². The molecule has 0 radical (unpaired) electrons. The van der Waals surface area contributed by atoms with Gasteiger partial charge in [0.2, 0.25) is 5.88 Å². The standard InChI is InChI=1S/C19H26N4O4.HI/c1-24-9-10-27-18-15(5-4-8-21-18)13-23-19(20)22-12-14-6-7-16(25-2)17(11-14)26-3;/h4-8,11H,9-10,12-13H2,1-3H3,(H3,20,22,23);1H. The van der Waals surface area contributed by atoms with Gasteiger partial charge >= 0.3 is 0 Å². The lowest BCUT2D eigenvalue weighted by Gasteiger charge is -2.11. The number of pyridine rings is 1. The Labute approximate surface area is 182 Å². The normalized spacial score (nSPS) is 10.8. The summed E-state index contributed by atoms with van der Waals surface area (Å²) in [6.07, 6.45) is 1.68. The molecule has 0 fully saturated rings. The van der Waals surface area contributed by atoms with Gasteiger partial charge in [0, 0.05) is 25.4 Å². The van der Waals surface area contributed by atoms with Crippen molar-refractivity contribution in [2.24, 2.45) is 10.7 Å². The number of benzene rings is 1. The number of rotatable bonds is 10. The van der Waals surface area contributed by atoms with Gasteiger partial charge in [-0.15, -0.1) is 24.0 Å². The zero-order valence-electron chi connectivity index (χ0n) is 16.3. The van der Waals surface area contributed by atoms with Crippen molar-refractivity contribution >= 4 is 29.9 Å². The first-order valence-corrected chi connectivity index (χ1v) is 8.48. The summed E-state index contributed by atoms with van der Waals surface area (Å²) < 4.78 is 21.1. The van der Waals surface area contributed by atoms with Crippen LogP contribution in [0.25, 0.3) is 0 Å². The Morgan fingerprint density at radius 1 is 1.11 bits per heavy atom. The van der Waals surface area contributed by atoms with E-state index in [1.807, 2.05) is 30.3 Å². The number of hydrogen-bond acceptors (Lipinski definition) is 6. The van der Waals surface area contributed by atoms with Crippen molar-refractivity contribution in [2.45, 2.75) is 13.1 Å². The zero-order chi connectivity index (χ0) is 19.5. The van der Waals surface area contributed by atoms with Crippen LogP contribution in [0.5, 0.6) is 17.4 Å². The van der Waals surface area contributed by atoms with Gasteiger partial charge in [0.25, 0.3) is 0 Å². The molecule has 0 atom stereocenters. The molecule has 3 N–H and O–H groups in total. The molecular weight excluding hydrogens is 475 g/mol. The van der Waals surface area contributed by atoms with Crippen LogP contribution in [0.3, 0.4) is 0 Å². The van der Waals surface area contributed by atoms with E-state index in [2.05, 4.69) is 15.3 Å². The Balaban J connectivity index is 0.00000392. The Hall–Kier alpha value is -2.27. The predicted octanol–water partition coefficient (Wildman–Crippen LogP) is 2.35. The third kappa shape index (κ3) is 7.39. The van der Waals surface area contributed by atoms with Gasteiger partial charge in [-0.1, -0.05) is 12.1 Å². The summed E-state index contributed by atoms with van der Waals surface area (Å²) in [6, 6.07) is 9.40. The van der Waals surface area contributed by atoms with E-state index in [-0.39, 0.29) is 24.0 Å². The van der Waals surface area contributed by atoms with Gasteiger partial charge in [0.05, 0.1) is 27.4 Å². The Kier molecular flexibility index (Phi) is 11.0. The van der Waals surface area contributed by atoms with Gasteiger partial charge in [0.1, 0.15) is 6.61 Å². The molecule has 0 saturated carbocycles. The van der Waals surface area contributed by atoms with Crippen molar-refractivity contribution in [3.8, 4) is 17.4 Å². The highest BCUT2D eigenvalue weighted by atomic mass is 127. The number of hydrogen-bond donors (Lipinski definition) is 2. The van der Waals surface area contributed by atoms with Crippen LogP contribution in [0, 0.1) is 0 Å². The maximum atomic E-state index is 5.97. The average molecular weight is 502 g/mol. The summed E-state index contributed by atoms with van der Waals surface area (Å²) in [4.78, 5) is 8.58. The van der Waals surface area contributed by atoms with E-state index in [0.29, 0.717) is 49.6 Å². The lowest BCUT2D eigenvalue weighted by Crippen LogP contribution is -2.31.